The Hall–Kier alpha value is -0.920. The summed E-state index contributed by atoms with van der Waals surface area (Å²) in [6.07, 6.45) is 2.21. The summed E-state index contributed by atoms with van der Waals surface area (Å²) >= 11 is 0. The van der Waals surface area contributed by atoms with E-state index in [1.807, 2.05) is 6.92 Å². The van der Waals surface area contributed by atoms with Gasteiger partial charge in [0.1, 0.15) is 5.82 Å². The third-order valence-electron chi connectivity index (χ3n) is 2.42. The summed E-state index contributed by atoms with van der Waals surface area (Å²) in [5.41, 5.74) is 5.64. The average molecular weight is 246 g/mol. The second-order valence-electron chi connectivity index (χ2n) is 3.76. The molecule has 0 aliphatic heterocycles. The molecular weight excluding hydrogens is 228 g/mol. The molecule has 0 amide bonds. The van der Waals surface area contributed by atoms with E-state index in [9.17, 15) is 8.42 Å². The number of rotatable bonds is 5. The summed E-state index contributed by atoms with van der Waals surface area (Å²) in [6.45, 7) is 3.88. The van der Waals surface area contributed by atoms with Crippen molar-refractivity contribution in [1.29, 1.82) is 0 Å². The Bertz CT molecular complexity index is 433. The van der Waals surface area contributed by atoms with E-state index in [4.69, 9.17) is 5.73 Å². The predicted octanol–water partition coefficient (Wildman–Crippen LogP) is -0.256. The molecule has 3 N–H and O–H groups in total. The molecule has 0 aliphatic rings. The fraction of sp³-hybridized carbons (Fsp3) is 0.667. The molecule has 0 radical (unpaired) electrons. The van der Waals surface area contributed by atoms with Gasteiger partial charge in [-0.2, -0.15) is 0 Å². The maximum atomic E-state index is 11.8. The van der Waals surface area contributed by atoms with Crippen LogP contribution in [0.1, 0.15) is 19.2 Å². The van der Waals surface area contributed by atoms with Crippen molar-refractivity contribution in [2.45, 2.75) is 31.3 Å². The van der Waals surface area contributed by atoms with E-state index in [0.717, 1.165) is 6.42 Å². The molecule has 0 saturated carbocycles. The fourth-order valence-corrected chi connectivity index (χ4v) is 2.22. The first-order chi connectivity index (χ1) is 7.36. The van der Waals surface area contributed by atoms with Gasteiger partial charge in [0.05, 0.1) is 0 Å². The zero-order valence-electron chi connectivity index (χ0n) is 9.77. The SMILES string of the molecule is CCC(N)CNS(=O)(=O)c1cn(C)c(C)n1. The van der Waals surface area contributed by atoms with Gasteiger partial charge in [-0.25, -0.2) is 18.1 Å². The first-order valence-corrected chi connectivity index (χ1v) is 6.60. The Morgan fingerprint density at radius 2 is 2.25 bits per heavy atom. The lowest BCUT2D eigenvalue weighted by molar-refractivity contribution is 0.561. The molecule has 0 saturated heterocycles. The lowest BCUT2D eigenvalue weighted by Gasteiger charge is -2.09. The highest BCUT2D eigenvalue weighted by Crippen LogP contribution is 2.07. The maximum absolute atomic E-state index is 11.8. The summed E-state index contributed by atoms with van der Waals surface area (Å²) in [5, 5.41) is 0.0378. The van der Waals surface area contributed by atoms with Gasteiger partial charge in [0.25, 0.3) is 10.0 Å². The summed E-state index contributed by atoms with van der Waals surface area (Å²) in [4.78, 5) is 3.96. The van der Waals surface area contributed by atoms with Gasteiger partial charge in [-0.1, -0.05) is 6.92 Å². The summed E-state index contributed by atoms with van der Waals surface area (Å²) in [7, 11) is -1.78. The fourth-order valence-electron chi connectivity index (χ4n) is 1.09. The largest absolute Gasteiger partial charge is 0.337 e. The molecule has 1 unspecified atom stereocenters. The third kappa shape index (κ3) is 3.03. The minimum atomic E-state index is -3.53. The molecular formula is C9H18N4O2S. The summed E-state index contributed by atoms with van der Waals surface area (Å²) < 4.78 is 27.7. The Balaban J connectivity index is 2.78. The highest BCUT2D eigenvalue weighted by molar-refractivity contribution is 7.89. The van der Waals surface area contributed by atoms with Crippen molar-refractivity contribution in [3.8, 4) is 0 Å². The van der Waals surface area contributed by atoms with Crippen molar-refractivity contribution in [3.05, 3.63) is 12.0 Å². The number of aryl methyl sites for hydroxylation is 2. The van der Waals surface area contributed by atoms with E-state index in [-0.39, 0.29) is 17.6 Å². The van der Waals surface area contributed by atoms with Crippen LogP contribution in [0.4, 0.5) is 0 Å². The minimum Gasteiger partial charge on any atom is -0.337 e. The third-order valence-corrected chi connectivity index (χ3v) is 3.72. The van der Waals surface area contributed by atoms with Crippen LogP contribution in [-0.2, 0) is 17.1 Å². The number of hydrogen-bond donors (Lipinski definition) is 2. The molecule has 92 valence electrons. The molecule has 7 heteroatoms. The van der Waals surface area contributed by atoms with Crippen molar-refractivity contribution in [1.82, 2.24) is 14.3 Å². The van der Waals surface area contributed by atoms with Gasteiger partial charge in [0.2, 0.25) is 0 Å². The van der Waals surface area contributed by atoms with Crippen molar-refractivity contribution < 1.29 is 8.42 Å². The standard InChI is InChI=1S/C9H18N4O2S/c1-4-8(10)5-11-16(14,15)9-6-13(3)7(2)12-9/h6,8,11H,4-5,10H2,1-3H3. The highest BCUT2D eigenvalue weighted by Gasteiger charge is 2.18. The molecule has 1 atom stereocenters. The number of imidazole rings is 1. The first kappa shape index (κ1) is 13.1. The summed E-state index contributed by atoms with van der Waals surface area (Å²) in [6, 6.07) is -0.167. The molecule has 0 aliphatic carbocycles. The molecule has 1 aromatic heterocycles. The topological polar surface area (TPSA) is 90.0 Å². The van der Waals surface area contributed by atoms with Crippen LogP contribution in [0, 0.1) is 6.92 Å². The molecule has 0 bridgehead atoms. The number of nitrogens with one attached hydrogen (secondary N) is 1. The molecule has 16 heavy (non-hydrogen) atoms. The van der Waals surface area contributed by atoms with Crippen LogP contribution in [0.25, 0.3) is 0 Å². The molecule has 6 nitrogen and oxygen atoms in total. The van der Waals surface area contributed by atoms with Crippen LogP contribution in [0.3, 0.4) is 0 Å². The average Bonchev–Trinajstić information content (AvgIpc) is 2.56. The van der Waals surface area contributed by atoms with Gasteiger partial charge in [0.15, 0.2) is 5.03 Å². The van der Waals surface area contributed by atoms with E-state index >= 15 is 0 Å². The smallest absolute Gasteiger partial charge is 0.259 e. The van der Waals surface area contributed by atoms with E-state index in [1.54, 1.807) is 18.5 Å². The zero-order valence-corrected chi connectivity index (χ0v) is 10.6. The second kappa shape index (κ2) is 4.94. The molecule has 0 aromatic carbocycles. The first-order valence-electron chi connectivity index (χ1n) is 5.12. The minimum absolute atomic E-state index is 0.0378. The van der Waals surface area contributed by atoms with Gasteiger partial charge < -0.3 is 10.3 Å². The zero-order chi connectivity index (χ0) is 12.3. The van der Waals surface area contributed by atoms with E-state index in [0.29, 0.717) is 5.82 Å². The number of nitrogens with zero attached hydrogens (tertiary/aromatic N) is 2. The van der Waals surface area contributed by atoms with Crippen LogP contribution in [-0.4, -0.2) is 30.6 Å². The monoisotopic (exact) mass is 246 g/mol. The van der Waals surface area contributed by atoms with Crippen molar-refractivity contribution in [3.63, 3.8) is 0 Å². The molecule has 1 heterocycles. The Labute approximate surface area is 95.9 Å². The maximum Gasteiger partial charge on any atom is 0.259 e. The highest BCUT2D eigenvalue weighted by atomic mass is 32.2. The van der Waals surface area contributed by atoms with Crippen LogP contribution >= 0.6 is 0 Å². The van der Waals surface area contributed by atoms with Gasteiger partial charge in [0, 0.05) is 25.8 Å². The van der Waals surface area contributed by atoms with Gasteiger partial charge in [-0.3, -0.25) is 0 Å². The van der Waals surface area contributed by atoms with Crippen LogP contribution in [0.2, 0.25) is 0 Å². The van der Waals surface area contributed by atoms with E-state index < -0.39 is 10.0 Å². The number of hydrogen-bond acceptors (Lipinski definition) is 4. The lowest BCUT2D eigenvalue weighted by Crippen LogP contribution is -2.36. The lowest BCUT2D eigenvalue weighted by atomic mass is 10.2. The van der Waals surface area contributed by atoms with Crippen molar-refractivity contribution in [2.24, 2.45) is 12.8 Å². The van der Waals surface area contributed by atoms with Crippen molar-refractivity contribution >= 4 is 10.0 Å². The second-order valence-corrected chi connectivity index (χ2v) is 5.47. The number of aromatic nitrogens is 2. The Morgan fingerprint density at radius 3 is 2.69 bits per heavy atom. The van der Waals surface area contributed by atoms with Crippen molar-refractivity contribution in [2.75, 3.05) is 6.54 Å². The summed E-state index contributed by atoms with van der Waals surface area (Å²) in [5.74, 6) is 0.653. The predicted molar refractivity (Wildman–Crippen MR) is 61.4 cm³/mol. The number of nitrogens with two attached hydrogens (primary N) is 1. The van der Waals surface area contributed by atoms with E-state index in [1.165, 1.54) is 6.20 Å². The molecule has 1 aromatic rings. The van der Waals surface area contributed by atoms with Crippen LogP contribution < -0.4 is 10.5 Å². The van der Waals surface area contributed by atoms with Gasteiger partial charge in [-0.15, -0.1) is 0 Å². The Kier molecular flexibility index (Phi) is 4.06. The molecule has 0 spiro atoms. The molecule has 0 fully saturated rings. The van der Waals surface area contributed by atoms with Gasteiger partial charge >= 0.3 is 0 Å². The number of sulfonamides is 1. The molecule has 1 rings (SSSR count). The van der Waals surface area contributed by atoms with E-state index in [2.05, 4.69) is 9.71 Å². The Morgan fingerprint density at radius 1 is 1.62 bits per heavy atom. The van der Waals surface area contributed by atoms with Gasteiger partial charge in [-0.05, 0) is 13.3 Å². The van der Waals surface area contributed by atoms with Crippen LogP contribution in [0.5, 0.6) is 0 Å². The normalized spacial score (nSPS) is 14.0. The van der Waals surface area contributed by atoms with Crippen LogP contribution in [0.15, 0.2) is 11.2 Å². The quantitative estimate of drug-likeness (QED) is 0.749.